The van der Waals surface area contributed by atoms with Crippen molar-refractivity contribution in [1.29, 1.82) is 0 Å². The second kappa shape index (κ2) is 6.92. The molecule has 0 atom stereocenters. The van der Waals surface area contributed by atoms with Gasteiger partial charge in [0.2, 0.25) is 0 Å². The Bertz CT molecular complexity index is 593. The maximum atomic E-state index is 6.05. The first-order valence-electron chi connectivity index (χ1n) is 7.71. The fraction of sp³-hybridized carbons (Fsp3) is 0.444. The minimum atomic E-state index is 0.725. The predicted octanol–water partition coefficient (Wildman–Crippen LogP) is 3.36. The normalized spacial score (nSPS) is 14.5. The van der Waals surface area contributed by atoms with Gasteiger partial charge in [-0.05, 0) is 35.6 Å². The highest BCUT2D eigenvalue weighted by Gasteiger charge is 2.22. The van der Waals surface area contributed by atoms with Crippen LogP contribution in [0.2, 0.25) is 0 Å². The van der Waals surface area contributed by atoms with Crippen molar-refractivity contribution < 1.29 is 9.47 Å². The Balaban J connectivity index is 1.80. The SMILES string of the molecule is COCCNCc1c(OCC2CC2)ccc2ccccc12. The summed E-state index contributed by atoms with van der Waals surface area (Å²) in [4.78, 5) is 0. The molecule has 0 saturated heterocycles. The second-order valence-corrected chi connectivity index (χ2v) is 5.69. The Morgan fingerprint density at radius 2 is 2.00 bits per heavy atom. The predicted molar refractivity (Wildman–Crippen MR) is 85.7 cm³/mol. The summed E-state index contributed by atoms with van der Waals surface area (Å²) in [5.74, 6) is 1.79. The summed E-state index contributed by atoms with van der Waals surface area (Å²) in [6, 6.07) is 12.8. The quantitative estimate of drug-likeness (QED) is 0.754. The summed E-state index contributed by atoms with van der Waals surface area (Å²) >= 11 is 0. The first kappa shape index (κ1) is 14.4. The summed E-state index contributed by atoms with van der Waals surface area (Å²) in [5, 5.41) is 5.97. The van der Waals surface area contributed by atoms with Crippen LogP contribution in [0.5, 0.6) is 5.75 Å². The van der Waals surface area contributed by atoms with Crippen LogP contribution in [0.15, 0.2) is 36.4 Å². The molecule has 21 heavy (non-hydrogen) atoms. The number of nitrogens with one attached hydrogen (secondary N) is 1. The molecular formula is C18H23NO2. The van der Waals surface area contributed by atoms with E-state index in [0.717, 1.165) is 38.0 Å². The van der Waals surface area contributed by atoms with E-state index in [4.69, 9.17) is 9.47 Å². The van der Waals surface area contributed by atoms with Gasteiger partial charge >= 0.3 is 0 Å². The van der Waals surface area contributed by atoms with Crippen molar-refractivity contribution in [1.82, 2.24) is 5.32 Å². The molecule has 0 aromatic heterocycles. The van der Waals surface area contributed by atoms with E-state index in [-0.39, 0.29) is 0 Å². The molecule has 1 aliphatic carbocycles. The molecule has 2 aromatic carbocycles. The molecule has 1 aliphatic rings. The lowest BCUT2D eigenvalue weighted by Gasteiger charge is -2.15. The van der Waals surface area contributed by atoms with Crippen molar-refractivity contribution in [3.05, 3.63) is 42.0 Å². The number of ether oxygens (including phenoxy) is 2. The van der Waals surface area contributed by atoms with Gasteiger partial charge in [-0.25, -0.2) is 0 Å². The lowest BCUT2D eigenvalue weighted by atomic mass is 10.0. The first-order chi connectivity index (χ1) is 10.4. The summed E-state index contributed by atoms with van der Waals surface area (Å²) in [6.45, 7) is 3.24. The number of hydrogen-bond donors (Lipinski definition) is 1. The van der Waals surface area contributed by atoms with Gasteiger partial charge in [-0.1, -0.05) is 30.3 Å². The van der Waals surface area contributed by atoms with Gasteiger partial charge in [-0.3, -0.25) is 0 Å². The molecule has 0 bridgehead atoms. The molecular weight excluding hydrogens is 262 g/mol. The van der Waals surface area contributed by atoms with Crippen LogP contribution in [0.1, 0.15) is 18.4 Å². The highest BCUT2D eigenvalue weighted by atomic mass is 16.5. The molecule has 3 heteroatoms. The minimum absolute atomic E-state index is 0.725. The monoisotopic (exact) mass is 285 g/mol. The van der Waals surface area contributed by atoms with Gasteiger partial charge in [0.25, 0.3) is 0 Å². The first-order valence-corrected chi connectivity index (χ1v) is 7.71. The fourth-order valence-corrected chi connectivity index (χ4v) is 2.51. The van der Waals surface area contributed by atoms with Crippen LogP contribution < -0.4 is 10.1 Å². The molecule has 2 aromatic rings. The maximum absolute atomic E-state index is 6.05. The number of methoxy groups -OCH3 is 1. The molecule has 3 nitrogen and oxygen atoms in total. The van der Waals surface area contributed by atoms with E-state index in [1.54, 1.807) is 7.11 Å². The molecule has 0 radical (unpaired) electrons. The average molecular weight is 285 g/mol. The minimum Gasteiger partial charge on any atom is -0.493 e. The Kier molecular flexibility index (Phi) is 4.73. The Labute approximate surface area is 126 Å². The van der Waals surface area contributed by atoms with E-state index < -0.39 is 0 Å². The largest absolute Gasteiger partial charge is 0.493 e. The van der Waals surface area contributed by atoms with Crippen LogP contribution in [-0.4, -0.2) is 26.9 Å². The van der Waals surface area contributed by atoms with E-state index >= 15 is 0 Å². The zero-order valence-corrected chi connectivity index (χ0v) is 12.6. The van der Waals surface area contributed by atoms with Gasteiger partial charge in [0.05, 0.1) is 13.2 Å². The summed E-state index contributed by atoms with van der Waals surface area (Å²) in [6.07, 6.45) is 2.63. The second-order valence-electron chi connectivity index (χ2n) is 5.69. The Morgan fingerprint density at radius 3 is 2.81 bits per heavy atom. The Hall–Kier alpha value is -1.58. The third-order valence-corrected chi connectivity index (χ3v) is 3.95. The van der Waals surface area contributed by atoms with Crippen molar-refractivity contribution in [2.75, 3.05) is 26.9 Å². The van der Waals surface area contributed by atoms with Crippen LogP contribution in [0.25, 0.3) is 10.8 Å². The zero-order valence-electron chi connectivity index (χ0n) is 12.6. The zero-order chi connectivity index (χ0) is 14.5. The lowest BCUT2D eigenvalue weighted by molar-refractivity contribution is 0.199. The molecule has 0 amide bonds. The van der Waals surface area contributed by atoms with E-state index in [0.29, 0.717) is 0 Å². The Morgan fingerprint density at radius 1 is 1.14 bits per heavy atom. The molecule has 112 valence electrons. The molecule has 1 N–H and O–H groups in total. The van der Waals surface area contributed by atoms with Crippen molar-refractivity contribution in [3.8, 4) is 5.75 Å². The van der Waals surface area contributed by atoms with Gasteiger partial charge in [0.1, 0.15) is 5.75 Å². The number of rotatable bonds is 8. The standard InChI is InChI=1S/C18H23NO2/c1-20-11-10-19-12-17-16-5-3-2-4-15(16)8-9-18(17)21-13-14-6-7-14/h2-5,8-9,14,19H,6-7,10-13H2,1H3. The van der Waals surface area contributed by atoms with Crippen LogP contribution >= 0.6 is 0 Å². The lowest BCUT2D eigenvalue weighted by Crippen LogP contribution is -2.19. The van der Waals surface area contributed by atoms with E-state index in [1.807, 2.05) is 0 Å². The molecule has 0 heterocycles. The number of fused-ring (bicyclic) bond motifs is 1. The van der Waals surface area contributed by atoms with Crippen LogP contribution in [0, 0.1) is 5.92 Å². The van der Waals surface area contributed by atoms with Crippen LogP contribution in [0.4, 0.5) is 0 Å². The van der Waals surface area contributed by atoms with E-state index in [2.05, 4.69) is 41.7 Å². The van der Waals surface area contributed by atoms with Crippen molar-refractivity contribution in [3.63, 3.8) is 0 Å². The molecule has 0 spiro atoms. The van der Waals surface area contributed by atoms with E-state index in [9.17, 15) is 0 Å². The fourth-order valence-electron chi connectivity index (χ4n) is 2.51. The van der Waals surface area contributed by atoms with Gasteiger partial charge in [0, 0.05) is 25.8 Å². The molecule has 0 aliphatic heterocycles. The van der Waals surface area contributed by atoms with Crippen LogP contribution in [0.3, 0.4) is 0 Å². The van der Waals surface area contributed by atoms with Crippen molar-refractivity contribution >= 4 is 10.8 Å². The summed E-state index contributed by atoms with van der Waals surface area (Å²) < 4.78 is 11.1. The maximum Gasteiger partial charge on any atom is 0.124 e. The molecule has 0 unspecified atom stereocenters. The third kappa shape index (κ3) is 3.74. The summed E-state index contributed by atoms with van der Waals surface area (Å²) in [7, 11) is 1.73. The third-order valence-electron chi connectivity index (χ3n) is 3.95. The highest BCUT2D eigenvalue weighted by molar-refractivity contribution is 5.87. The van der Waals surface area contributed by atoms with Gasteiger partial charge in [-0.2, -0.15) is 0 Å². The van der Waals surface area contributed by atoms with Gasteiger partial charge < -0.3 is 14.8 Å². The molecule has 3 rings (SSSR count). The van der Waals surface area contributed by atoms with Crippen LogP contribution in [-0.2, 0) is 11.3 Å². The number of hydrogen-bond acceptors (Lipinski definition) is 3. The average Bonchev–Trinajstić information content (AvgIpc) is 3.34. The molecule has 1 fully saturated rings. The summed E-state index contributed by atoms with van der Waals surface area (Å²) in [5.41, 5.74) is 1.25. The van der Waals surface area contributed by atoms with Gasteiger partial charge in [0.15, 0.2) is 0 Å². The van der Waals surface area contributed by atoms with E-state index in [1.165, 1.54) is 29.2 Å². The van der Waals surface area contributed by atoms with Crippen molar-refractivity contribution in [2.24, 2.45) is 5.92 Å². The van der Waals surface area contributed by atoms with Crippen molar-refractivity contribution in [2.45, 2.75) is 19.4 Å². The highest BCUT2D eigenvalue weighted by Crippen LogP contribution is 2.32. The topological polar surface area (TPSA) is 30.5 Å². The molecule has 1 saturated carbocycles. The smallest absolute Gasteiger partial charge is 0.124 e. The van der Waals surface area contributed by atoms with Gasteiger partial charge in [-0.15, -0.1) is 0 Å². The number of benzene rings is 2.